The maximum absolute atomic E-state index is 11.4. The van der Waals surface area contributed by atoms with Gasteiger partial charge in [0.2, 0.25) is 11.8 Å². The Morgan fingerprint density at radius 1 is 1.41 bits per heavy atom. The van der Waals surface area contributed by atoms with Crippen LogP contribution in [0.4, 0.5) is 0 Å². The van der Waals surface area contributed by atoms with Crippen LogP contribution >= 0.6 is 0 Å². The lowest BCUT2D eigenvalue weighted by molar-refractivity contribution is -0.120. The summed E-state index contributed by atoms with van der Waals surface area (Å²) in [6.07, 6.45) is 1.69. The van der Waals surface area contributed by atoms with Crippen LogP contribution in [0.25, 0.3) is 0 Å². The van der Waals surface area contributed by atoms with E-state index >= 15 is 0 Å². The van der Waals surface area contributed by atoms with Crippen LogP contribution in [-0.2, 0) is 16.1 Å². The Labute approximate surface area is 99.1 Å². The first-order chi connectivity index (χ1) is 8.08. The monoisotopic (exact) mass is 237 g/mol. The minimum Gasteiger partial charge on any atom is -0.467 e. The van der Waals surface area contributed by atoms with Gasteiger partial charge >= 0.3 is 0 Å². The molecule has 1 aromatic rings. The molecule has 6 heteroatoms. The van der Waals surface area contributed by atoms with Gasteiger partial charge in [0.25, 0.3) is 0 Å². The summed E-state index contributed by atoms with van der Waals surface area (Å²) in [7, 11) is 0. The van der Waals surface area contributed by atoms with E-state index in [1.807, 2.05) is 0 Å². The summed E-state index contributed by atoms with van der Waals surface area (Å²) in [5, 5.41) is 6.42. The third-order valence-electron chi connectivity index (χ3n) is 1.86. The second kappa shape index (κ2) is 6.47. The van der Waals surface area contributed by atoms with Crippen molar-refractivity contribution < 1.29 is 14.0 Å². The van der Waals surface area contributed by atoms with Crippen LogP contribution in [0.3, 0.4) is 0 Å². The lowest BCUT2D eigenvalue weighted by Gasteiger charge is -2.03. The first-order valence-electron chi connectivity index (χ1n) is 5.16. The van der Waals surface area contributed by atoms with Gasteiger partial charge in [0.15, 0.2) is 0 Å². The molecule has 0 fully saturated rings. The van der Waals surface area contributed by atoms with E-state index in [9.17, 15) is 9.59 Å². The molecule has 0 aliphatic carbocycles. The lowest BCUT2D eigenvalue weighted by Crippen LogP contribution is -2.25. The Balaban J connectivity index is 2.29. The van der Waals surface area contributed by atoms with E-state index in [-0.39, 0.29) is 18.2 Å². The Bertz CT molecular complexity index is 410. The number of amides is 2. The van der Waals surface area contributed by atoms with Gasteiger partial charge in [-0.15, -0.1) is 0 Å². The molecule has 0 atom stereocenters. The molecular formula is C11H15N3O3. The van der Waals surface area contributed by atoms with Gasteiger partial charge in [-0.25, -0.2) is 5.43 Å². The minimum absolute atomic E-state index is 0.140. The molecule has 0 saturated heterocycles. The number of carbonyl (C=O) groups is 2. The summed E-state index contributed by atoms with van der Waals surface area (Å²) < 4.78 is 5.07. The molecule has 2 N–H and O–H groups in total. The van der Waals surface area contributed by atoms with Crippen molar-refractivity contribution in [3.8, 4) is 0 Å². The van der Waals surface area contributed by atoms with Crippen LogP contribution in [0.1, 0.15) is 26.0 Å². The highest BCUT2D eigenvalue weighted by Crippen LogP contribution is 1.98. The molecule has 0 saturated carbocycles. The van der Waals surface area contributed by atoms with Gasteiger partial charge in [-0.2, -0.15) is 5.10 Å². The third kappa shape index (κ3) is 5.50. The summed E-state index contributed by atoms with van der Waals surface area (Å²) in [5.74, 6) is 0.253. The van der Waals surface area contributed by atoms with Crippen molar-refractivity contribution >= 4 is 17.5 Å². The zero-order valence-corrected chi connectivity index (χ0v) is 9.82. The standard InChI is InChI=1S/C11H15N3O3/c1-8(13-14-9(2)15)6-11(16)12-7-10-4-3-5-17-10/h3-5H,6-7H2,1-2H3,(H,12,16)(H,14,15)/b13-8-. The predicted octanol–water partition coefficient (Wildman–Crippen LogP) is 0.798. The highest BCUT2D eigenvalue weighted by atomic mass is 16.3. The third-order valence-corrected chi connectivity index (χ3v) is 1.86. The lowest BCUT2D eigenvalue weighted by atomic mass is 10.3. The molecule has 2 amide bonds. The van der Waals surface area contributed by atoms with Gasteiger partial charge in [0.1, 0.15) is 5.76 Å². The van der Waals surface area contributed by atoms with Crippen LogP contribution in [0.5, 0.6) is 0 Å². The number of nitrogens with zero attached hydrogens (tertiary/aromatic N) is 1. The van der Waals surface area contributed by atoms with Crippen molar-refractivity contribution in [2.24, 2.45) is 5.10 Å². The predicted molar refractivity (Wildman–Crippen MR) is 62.1 cm³/mol. The Morgan fingerprint density at radius 3 is 2.76 bits per heavy atom. The van der Waals surface area contributed by atoms with Gasteiger partial charge in [-0.3, -0.25) is 9.59 Å². The maximum atomic E-state index is 11.4. The van der Waals surface area contributed by atoms with Crippen molar-refractivity contribution in [3.05, 3.63) is 24.2 Å². The Hall–Kier alpha value is -2.11. The SMILES string of the molecule is CC(=O)N/N=C(/C)CC(=O)NCc1ccco1. The number of nitrogens with one attached hydrogen (secondary N) is 2. The molecule has 92 valence electrons. The largest absolute Gasteiger partial charge is 0.467 e. The Morgan fingerprint density at radius 2 is 2.18 bits per heavy atom. The molecule has 1 heterocycles. The molecule has 0 unspecified atom stereocenters. The highest BCUT2D eigenvalue weighted by molar-refractivity contribution is 6.00. The van der Waals surface area contributed by atoms with Crippen LogP contribution in [0.15, 0.2) is 27.9 Å². The minimum atomic E-state index is -0.264. The van der Waals surface area contributed by atoms with E-state index in [0.717, 1.165) is 0 Å². The Kier molecular flexibility index (Phi) is 4.93. The second-order valence-corrected chi connectivity index (χ2v) is 3.55. The quantitative estimate of drug-likeness (QED) is 0.586. The van der Waals surface area contributed by atoms with Crippen LogP contribution in [0.2, 0.25) is 0 Å². The molecule has 0 radical (unpaired) electrons. The topological polar surface area (TPSA) is 83.7 Å². The zero-order chi connectivity index (χ0) is 12.7. The van der Waals surface area contributed by atoms with Gasteiger partial charge in [-0.05, 0) is 19.1 Å². The van der Waals surface area contributed by atoms with Gasteiger partial charge in [-0.1, -0.05) is 0 Å². The first kappa shape index (κ1) is 13.0. The van der Waals surface area contributed by atoms with E-state index in [4.69, 9.17) is 4.42 Å². The first-order valence-corrected chi connectivity index (χ1v) is 5.16. The van der Waals surface area contributed by atoms with Crippen molar-refractivity contribution in [1.82, 2.24) is 10.7 Å². The normalized spacial score (nSPS) is 11.1. The summed E-state index contributed by atoms with van der Waals surface area (Å²) in [6.45, 7) is 3.37. The molecule has 6 nitrogen and oxygen atoms in total. The van der Waals surface area contributed by atoms with Crippen molar-refractivity contribution in [1.29, 1.82) is 0 Å². The van der Waals surface area contributed by atoms with Crippen LogP contribution in [0, 0.1) is 0 Å². The number of furan rings is 1. The van der Waals surface area contributed by atoms with E-state index in [2.05, 4.69) is 15.8 Å². The van der Waals surface area contributed by atoms with Crippen LogP contribution < -0.4 is 10.7 Å². The average molecular weight is 237 g/mol. The molecule has 0 aromatic carbocycles. The molecule has 1 aromatic heterocycles. The zero-order valence-electron chi connectivity index (χ0n) is 9.82. The fourth-order valence-electron chi connectivity index (χ4n) is 1.11. The summed E-state index contributed by atoms with van der Waals surface area (Å²) >= 11 is 0. The van der Waals surface area contributed by atoms with E-state index < -0.39 is 0 Å². The number of hydrogen-bond acceptors (Lipinski definition) is 4. The van der Waals surface area contributed by atoms with Gasteiger partial charge in [0, 0.05) is 12.6 Å². The summed E-state index contributed by atoms with van der Waals surface area (Å²) in [5.41, 5.74) is 2.81. The summed E-state index contributed by atoms with van der Waals surface area (Å²) in [6, 6.07) is 3.53. The van der Waals surface area contributed by atoms with E-state index in [1.54, 1.807) is 25.3 Å². The molecular weight excluding hydrogens is 222 g/mol. The van der Waals surface area contributed by atoms with Crippen molar-refractivity contribution in [3.63, 3.8) is 0 Å². The molecule has 1 rings (SSSR count). The fraction of sp³-hybridized carbons (Fsp3) is 0.364. The van der Waals surface area contributed by atoms with Crippen molar-refractivity contribution in [2.45, 2.75) is 26.8 Å². The molecule has 0 spiro atoms. The molecule has 0 bridgehead atoms. The van der Waals surface area contributed by atoms with E-state index in [1.165, 1.54) is 6.92 Å². The molecule has 0 aliphatic rings. The van der Waals surface area contributed by atoms with Gasteiger partial charge < -0.3 is 9.73 Å². The van der Waals surface area contributed by atoms with Crippen molar-refractivity contribution in [2.75, 3.05) is 0 Å². The smallest absolute Gasteiger partial charge is 0.236 e. The molecule has 0 aliphatic heterocycles. The second-order valence-electron chi connectivity index (χ2n) is 3.55. The fourth-order valence-corrected chi connectivity index (χ4v) is 1.11. The highest BCUT2D eigenvalue weighted by Gasteiger charge is 2.04. The summed E-state index contributed by atoms with van der Waals surface area (Å²) in [4.78, 5) is 22.0. The maximum Gasteiger partial charge on any atom is 0.236 e. The van der Waals surface area contributed by atoms with Gasteiger partial charge in [0.05, 0.1) is 19.2 Å². The average Bonchev–Trinajstić information content (AvgIpc) is 2.76. The number of hydrogen-bond donors (Lipinski definition) is 2. The number of carbonyl (C=O) groups excluding carboxylic acids is 2. The van der Waals surface area contributed by atoms with Crippen LogP contribution in [-0.4, -0.2) is 17.5 Å². The van der Waals surface area contributed by atoms with E-state index in [0.29, 0.717) is 18.0 Å². The molecule has 17 heavy (non-hydrogen) atoms. The number of rotatable bonds is 5. The number of hydrazone groups is 1.